The van der Waals surface area contributed by atoms with Crippen LogP contribution in [0.25, 0.3) is 0 Å². The zero-order chi connectivity index (χ0) is 17.3. The minimum absolute atomic E-state index is 0.0299. The average Bonchev–Trinajstić information content (AvgIpc) is 2.61. The van der Waals surface area contributed by atoms with E-state index in [1.165, 1.54) is 22.0 Å². The second-order valence-corrected chi connectivity index (χ2v) is 6.50. The lowest BCUT2D eigenvalue weighted by Crippen LogP contribution is -2.38. The first-order chi connectivity index (χ1) is 11.5. The number of hydrogen-bond donors (Lipinski definition) is 0. The molecule has 1 heterocycles. The van der Waals surface area contributed by atoms with Crippen molar-refractivity contribution in [2.24, 2.45) is 0 Å². The molecule has 1 atom stereocenters. The van der Waals surface area contributed by atoms with Crippen LogP contribution in [0.3, 0.4) is 0 Å². The van der Waals surface area contributed by atoms with E-state index >= 15 is 0 Å². The predicted octanol–water partition coefficient (Wildman–Crippen LogP) is 2.40. The number of nitrogens with zero attached hydrogens (tertiary/aromatic N) is 3. The minimum Gasteiger partial charge on any atom is -0.337 e. The Bertz CT molecular complexity index is 826. The number of carbonyl (C=O) groups is 1. The van der Waals surface area contributed by atoms with Crippen LogP contribution in [0.15, 0.2) is 35.4 Å². The smallest absolute Gasteiger partial charge is 0.256 e. The highest BCUT2D eigenvalue weighted by atomic mass is 16.2. The van der Waals surface area contributed by atoms with Crippen molar-refractivity contribution in [1.29, 1.82) is 0 Å². The fraction of sp³-hybridized carbons (Fsp3) is 0.421. The number of aryl methyl sites for hydroxylation is 2. The lowest BCUT2D eigenvalue weighted by molar-refractivity contribution is -0.133. The maximum absolute atomic E-state index is 12.7. The first-order valence-electron chi connectivity index (χ1n) is 8.35. The molecular formula is C19H23N3O2. The maximum atomic E-state index is 12.7. The molecule has 5 heteroatoms. The molecule has 0 spiro atoms. The number of rotatable bonds is 3. The molecule has 1 amide bonds. The van der Waals surface area contributed by atoms with Gasteiger partial charge in [0.15, 0.2) is 0 Å². The third-order valence-electron chi connectivity index (χ3n) is 5.02. The van der Waals surface area contributed by atoms with Crippen LogP contribution >= 0.6 is 0 Å². The number of fused-ring (bicyclic) bond motifs is 1. The van der Waals surface area contributed by atoms with Crippen LogP contribution in [0.4, 0.5) is 0 Å². The van der Waals surface area contributed by atoms with Crippen LogP contribution in [0.2, 0.25) is 0 Å². The van der Waals surface area contributed by atoms with E-state index in [1.807, 2.05) is 19.2 Å². The SMILES string of the molecule is Cc1ncn(CC(=O)N(C)C2CCCc3ccccc32)c(=O)c1C. The summed E-state index contributed by atoms with van der Waals surface area (Å²) in [5.41, 5.74) is 3.70. The van der Waals surface area contributed by atoms with Crippen molar-refractivity contribution in [2.45, 2.75) is 45.7 Å². The largest absolute Gasteiger partial charge is 0.337 e. The quantitative estimate of drug-likeness (QED) is 0.871. The summed E-state index contributed by atoms with van der Waals surface area (Å²) in [7, 11) is 1.83. The van der Waals surface area contributed by atoms with Gasteiger partial charge in [0.1, 0.15) is 6.54 Å². The Labute approximate surface area is 141 Å². The van der Waals surface area contributed by atoms with Gasteiger partial charge in [0.05, 0.1) is 12.4 Å². The van der Waals surface area contributed by atoms with Crippen LogP contribution in [-0.2, 0) is 17.8 Å². The van der Waals surface area contributed by atoms with Gasteiger partial charge >= 0.3 is 0 Å². The van der Waals surface area contributed by atoms with Crippen LogP contribution in [0.1, 0.15) is 41.3 Å². The molecule has 24 heavy (non-hydrogen) atoms. The van der Waals surface area contributed by atoms with Gasteiger partial charge in [-0.25, -0.2) is 4.98 Å². The molecule has 1 unspecified atom stereocenters. The van der Waals surface area contributed by atoms with E-state index in [4.69, 9.17) is 0 Å². The fourth-order valence-corrected chi connectivity index (χ4v) is 3.35. The van der Waals surface area contributed by atoms with E-state index in [0.717, 1.165) is 19.3 Å². The van der Waals surface area contributed by atoms with Crippen LogP contribution in [0.5, 0.6) is 0 Å². The van der Waals surface area contributed by atoms with Gasteiger partial charge in [0, 0.05) is 18.3 Å². The molecule has 1 aromatic heterocycles. The summed E-state index contributed by atoms with van der Waals surface area (Å²) >= 11 is 0. The van der Waals surface area contributed by atoms with Gasteiger partial charge in [-0.15, -0.1) is 0 Å². The molecule has 126 valence electrons. The van der Waals surface area contributed by atoms with Crippen LogP contribution in [-0.4, -0.2) is 27.4 Å². The summed E-state index contributed by atoms with van der Waals surface area (Å²) in [6.07, 6.45) is 4.56. The van der Waals surface area contributed by atoms with Gasteiger partial charge < -0.3 is 4.90 Å². The first-order valence-corrected chi connectivity index (χ1v) is 8.35. The molecule has 0 radical (unpaired) electrons. The van der Waals surface area contributed by atoms with Crippen molar-refractivity contribution in [2.75, 3.05) is 7.05 Å². The Balaban J connectivity index is 1.82. The summed E-state index contributed by atoms with van der Waals surface area (Å²) in [4.78, 5) is 31.0. The van der Waals surface area contributed by atoms with Crippen LogP contribution in [0, 0.1) is 13.8 Å². The topological polar surface area (TPSA) is 55.2 Å². The highest BCUT2D eigenvalue weighted by Crippen LogP contribution is 2.33. The van der Waals surface area contributed by atoms with E-state index in [9.17, 15) is 9.59 Å². The summed E-state index contributed by atoms with van der Waals surface area (Å²) in [6, 6.07) is 8.39. The molecule has 0 saturated heterocycles. The highest BCUT2D eigenvalue weighted by Gasteiger charge is 2.26. The Morgan fingerprint density at radius 2 is 2.08 bits per heavy atom. The molecule has 5 nitrogen and oxygen atoms in total. The summed E-state index contributed by atoms with van der Waals surface area (Å²) in [5.74, 6) is -0.0659. The third-order valence-corrected chi connectivity index (χ3v) is 5.02. The molecule has 0 saturated carbocycles. The number of aromatic nitrogens is 2. The molecule has 1 aliphatic rings. The maximum Gasteiger partial charge on any atom is 0.256 e. The van der Waals surface area contributed by atoms with Crippen molar-refractivity contribution < 1.29 is 4.79 Å². The summed E-state index contributed by atoms with van der Waals surface area (Å²) in [5, 5.41) is 0. The third kappa shape index (κ3) is 2.98. The molecule has 2 aromatic rings. The Morgan fingerprint density at radius 3 is 2.88 bits per heavy atom. The number of likely N-dealkylation sites (N-methyl/N-ethyl adjacent to an activating group) is 1. The summed E-state index contributed by atoms with van der Waals surface area (Å²) < 4.78 is 1.40. The minimum atomic E-state index is -0.145. The lowest BCUT2D eigenvalue weighted by Gasteiger charge is -2.33. The molecule has 0 aliphatic heterocycles. The van der Waals surface area contributed by atoms with Gasteiger partial charge in [-0.1, -0.05) is 24.3 Å². The second-order valence-electron chi connectivity index (χ2n) is 6.50. The van der Waals surface area contributed by atoms with E-state index < -0.39 is 0 Å². The predicted molar refractivity (Wildman–Crippen MR) is 92.9 cm³/mol. The number of carbonyl (C=O) groups excluding carboxylic acids is 1. The average molecular weight is 325 g/mol. The molecule has 1 aromatic carbocycles. The Kier molecular flexibility index (Phi) is 4.51. The number of amides is 1. The number of benzene rings is 1. The molecular weight excluding hydrogens is 302 g/mol. The lowest BCUT2D eigenvalue weighted by atomic mass is 9.87. The summed E-state index contributed by atoms with van der Waals surface area (Å²) in [6.45, 7) is 3.57. The molecule has 3 rings (SSSR count). The van der Waals surface area contributed by atoms with Crippen molar-refractivity contribution >= 4 is 5.91 Å². The zero-order valence-electron chi connectivity index (χ0n) is 14.5. The Morgan fingerprint density at radius 1 is 1.33 bits per heavy atom. The highest BCUT2D eigenvalue weighted by molar-refractivity contribution is 5.76. The standard InChI is InChI=1S/C19H23N3O2/c1-13-14(2)20-12-22(19(13)24)11-18(23)21(3)17-10-6-8-15-7-4-5-9-16(15)17/h4-5,7,9,12,17H,6,8,10-11H2,1-3H3. The van der Waals surface area contributed by atoms with Crippen LogP contribution < -0.4 is 5.56 Å². The van der Waals surface area contributed by atoms with E-state index in [-0.39, 0.29) is 24.1 Å². The van der Waals surface area contributed by atoms with E-state index in [0.29, 0.717) is 11.3 Å². The molecule has 0 bridgehead atoms. The monoisotopic (exact) mass is 325 g/mol. The zero-order valence-corrected chi connectivity index (χ0v) is 14.5. The van der Waals surface area contributed by atoms with Gasteiger partial charge in [-0.2, -0.15) is 0 Å². The van der Waals surface area contributed by atoms with Gasteiger partial charge in [0.25, 0.3) is 5.56 Å². The molecule has 1 aliphatic carbocycles. The van der Waals surface area contributed by atoms with E-state index in [1.54, 1.807) is 18.7 Å². The normalized spacial score (nSPS) is 16.5. The van der Waals surface area contributed by atoms with Crippen molar-refractivity contribution in [3.05, 3.63) is 63.3 Å². The fourth-order valence-electron chi connectivity index (χ4n) is 3.35. The second kappa shape index (κ2) is 6.59. The number of hydrogen-bond acceptors (Lipinski definition) is 3. The van der Waals surface area contributed by atoms with E-state index in [2.05, 4.69) is 17.1 Å². The van der Waals surface area contributed by atoms with Crippen molar-refractivity contribution in [3.8, 4) is 0 Å². The molecule has 0 fully saturated rings. The van der Waals surface area contributed by atoms with Crippen molar-refractivity contribution in [1.82, 2.24) is 14.5 Å². The molecule has 0 N–H and O–H groups in total. The first kappa shape index (κ1) is 16.4. The van der Waals surface area contributed by atoms with Gasteiger partial charge in [-0.3, -0.25) is 14.2 Å². The van der Waals surface area contributed by atoms with Gasteiger partial charge in [0.2, 0.25) is 5.91 Å². The Hall–Kier alpha value is -2.43. The van der Waals surface area contributed by atoms with Gasteiger partial charge in [-0.05, 0) is 44.2 Å². The van der Waals surface area contributed by atoms with Crippen molar-refractivity contribution in [3.63, 3.8) is 0 Å².